The SMILES string of the molecule is Cc1cccc(C=Nc2c(C)n(C)n(-c3ccccc3)c2=O)c1. The summed E-state index contributed by atoms with van der Waals surface area (Å²) >= 11 is 0. The Morgan fingerprint density at radius 2 is 1.74 bits per heavy atom. The van der Waals surface area contributed by atoms with E-state index in [1.165, 1.54) is 5.56 Å². The molecule has 3 aromatic rings. The second-order valence-corrected chi connectivity index (χ2v) is 5.58. The minimum Gasteiger partial charge on any atom is -0.283 e. The van der Waals surface area contributed by atoms with Gasteiger partial charge in [0.2, 0.25) is 0 Å². The summed E-state index contributed by atoms with van der Waals surface area (Å²) in [6.45, 7) is 3.94. The highest BCUT2D eigenvalue weighted by Crippen LogP contribution is 2.16. The van der Waals surface area contributed by atoms with Crippen molar-refractivity contribution in [3.63, 3.8) is 0 Å². The van der Waals surface area contributed by atoms with E-state index in [1.807, 2.05) is 80.2 Å². The molecular weight excluding hydrogens is 286 g/mol. The Bertz CT molecular complexity index is 918. The molecule has 0 spiro atoms. The summed E-state index contributed by atoms with van der Waals surface area (Å²) in [4.78, 5) is 17.2. The number of aryl methyl sites for hydroxylation is 1. The first kappa shape index (κ1) is 15.0. The van der Waals surface area contributed by atoms with Gasteiger partial charge in [0.25, 0.3) is 5.56 Å². The molecule has 0 aliphatic heterocycles. The maximum absolute atomic E-state index is 12.7. The van der Waals surface area contributed by atoms with Crippen LogP contribution in [0.15, 0.2) is 64.4 Å². The van der Waals surface area contributed by atoms with Crippen molar-refractivity contribution in [1.82, 2.24) is 9.36 Å². The van der Waals surface area contributed by atoms with Gasteiger partial charge in [0.1, 0.15) is 0 Å². The Labute approximate surface area is 135 Å². The number of hydrogen-bond acceptors (Lipinski definition) is 2. The number of benzene rings is 2. The molecule has 0 fully saturated rings. The van der Waals surface area contributed by atoms with Crippen molar-refractivity contribution in [2.75, 3.05) is 0 Å². The highest BCUT2D eigenvalue weighted by molar-refractivity contribution is 5.82. The van der Waals surface area contributed by atoms with Gasteiger partial charge in [0.15, 0.2) is 5.69 Å². The summed E-state index contributed by atoms with van der Waals surface area (Å²) < 4.78 is 3.47. The van der Waals surface area contributed by atoms with E-state index in [2.05, 4.69) is 4.99 Å². The Hall–Kier alpha value is -2.88. The van der Waals surface area contributed by atoms with Crippen LogP contribution < -0.4 is 5.56 Å². The Morgan fingerprint density at radius 1 is 1.00 bits per heavy atom. The summed E-state index contributed by atoms with van der Waals surface area (Å²) in [7, 11) is 1.87. The summed E-state index contributed by atoms with van der Waals surface area (Å²) in [6, 6.07) is 17.6. The molecule has 0 radical (unpaired) electrons. The van der Waals surface area contributed by atoms with Crippen LogP contribution in [-0.2, 0) is 7.05 Å². The zero-order chi connectivity index (χ0) is 16.4. The molecule has 0 atom stereocenters. The summed E-state index contributed by atoms with van der Waals surface area (Å²) in [6.07, 6.45) is 1.74. The van der Waals surface area contributed by atoms with E-state index in [9.17, 15) is 4.79 Å². The van der Waals surface area contributed by atoms with Crippen LogP contribution >= 0.6 is 0 Å². The quantitative estimate of drug-likeness (QED) is 0.682. The van der Waals surface area contributed by atoms with Crippen LogP contribution in [0.2, 0.25) is 0 Å². The fourth-order valence-electron chi connectivity index (χ4n) is 2.59. The molecule has 4 nitrogen and oxygen atoms in total. The van der Waals surface area contributed by atoms with Crippen LogP contribution in [0.25, 0.3) is 5.69 Å². The third-order valence-electron chi connectivity index (χ3n) is 3.91. The topological polar surface area (TPSA) is 39.3 Å². The number of aliphatic imine (C=N–C) groups is 1. The van der Waals surface area contributed by atoms with Crippen LogP contribution in [0.1, 0.15) is 16.8 Å². The Morgan fingerprint density at radius 3 is 2.43 bits per heavy atom. The maximum Gasteiger partial charge on any atom is 0.297 e. The molecule has 23 heavy (non-hydrogen) atoms. The van der Waals surface area contributed by atoms with Crippen LogP contribution in [0, 0.1) is 13.8 Å². The number of aromatic nitrogens is 2. The van der Waals surface area contributed by atoms with Gasteiger partial charge in [-0.3, -0.25) is 9.48 Å². The molecule has 3 rings (SSSR count). The van der Waals surface area contributed by atoms with Crippen LogP contribution in [0.3, 0.4) is 0 Å². The highest BCUT2D eigenvalue weighted by Gasteiger charge is 2.14. The van der Waals surface area contributed by atoms with Crippen molar-refractivity contribution >= 4 is 11.9 Å². The number of para-hydroxylation sites is 1. The molecule has 116 valence electrons. The normalized spacial score (nSPS) is 11.3. The van der Waals surface area contributed by atoms with E-state index in [1.54, 1.807) is 10.9 Å². The van der Waals surface area contributed by atoms with Gasteiger partial charge < -0.3 is 0 Å². The van der Waals surface area contributed by atoms with Gasteiger partial charge in [-0.2, -0.15) is 0 Å². The van der Waals surface area contributed by atoms with Gasteiger partial charge in [-0.1, -0.05) is 48.0 Å². The fraction of sp³-hybridized carbons (Fsp3) is 0.158. The lowest BCUT2D eigenvalue weighted by molar-refractivity contribution is 0.630. The van der Waals surface area contributed by atoms with Gasteiger partial charge in [-0.25, -0.2) is 9.67 Å². The van der Waals surface area contributed by atoms with E-state index in [0.717, 1.165) is 16.9 Å². The minimum absolute atomic E-state index is 0.111. The average molecular weight is 305 g/mol. The molecule has 1 aromatic heterocycles. The molecule has 0 N–H and O–H groups in total. The third kappa shape index (κ3) is 2.88. The van der Waals surface area contributed by atoms with Gasteiger partial charge in [0.05, 0.1) is 11.4 Å². The molecule has 0 saturated carbocycles. The summed E-state index contributed by atoms with van der Waals surface area (Å²) in [5.41, 5.74) is 4.18. The average Bonchev–Trinajstić information content (AvgIpc) is 2.76. The second kappa shape index (κ2) is 6.08. The molecular formula is C19H19N3O. The monoisotopic (exact) mass is 305 g/mol. The first-order chi connectivity index (χ1) is 11.1. The molecule has 1 heterocycles. The smallest absolute Gasteiger partial charge is 0.283 e. The molecule has 0 aliphatic carbocycles. The first-order valence-corrected chi connectivity index (χ1v) is 7.52. The van der Waals surface area contributed by atoms with Crippen molar-refractivity contribution in [3.05, 3.63) is 81.8 Å². The van der Waals surface area contributed by atoms with Gasteiger partial charge >= 0.3 is 0 Å². The molecule has 0 bridgehead atoms. The van der Waals surface area contributed by atoms with Gasteiger partial charge in [0, 0.05) is 13.3 Å². The molecule has 0 saturated heterocycles. The zero-order valence-electron chi connectivity index (χ0n) is 13.5. The van der Waals surface area contributed by atoms with Crippen molar-refractivity contribution < 1.29 is 0 Å². The van der Waals surface area contributed by atoms with E-state index in [-0.39, 0.29) is 5.56 Å². The third-order valence-corrected chi connectivity index (χ3v) is 3.91. The lowest BCUT2D eigenvalue weighted by Crippen LogP contribution is -2.19. The van der Waals surface area contributed by atoms with E-state index in [0.29, 0.717) is 5.69 Å². The standard InChI is InChI=1S/C19H19N3O/c1-14-8-7-9-16(12-14)13-20-18-15(2)21(3)22(19(18)23)17-10-5-4-6-11-17/h4-13H,1-3H3. The molecule has 0 amide bonds. The lowest BCUT2D eigenvalue weighted by Gasteiger charge is -2.07. The summed E-state index contributed by atoms with van der Waals surface area (Å²) in [5, 5.41) is 0. The van der Waals surface area contributed by atoms with Crippen LogP contribution in [0.4, 0.5) is 5.69 Å². The Kier molecular flexibility index (Phi) is 3.98. The predicted octanol–water partition coefficient (Wildman–Crippen LogP) is 3.54. The Balaban J connectivity index is 2.06. The number of rotatable bonds is 3. The summed E-state index contributed by atoms with van der Waals surface area (Å²) in [5.74, 6) is 0. The van der Waals surface area contributed by atoms with Gasteiger partial charge in [-0.15, -0.1) is 0 Å². The predicted molar refractivity (Wildman–Crippen MR) is 94.2 cm³/mol. The largest absolute Gasteiger partial charge is 0.297 e. The maximum atomic E-state index is 12.7. The highest BCUT2D eigenvalue weighted by atomic mass is 16.1. The minimum atomic E-state index is -0.111. The van der Waals surface area contributed by atoms with Crippen molar-refractivity contribution in [2.45, 2.75) is 13.8 Å². The van der Waals surface area contributed by atoms with Crippen molar-refractivity contribution in [3.8, 4) is 5.69 Å². The second-order valence-electron chi connectivity index (χ2n) is 5.58. The molecule has 0 unspecified atom stereocenters. The van der Waals surface area contributed by atoms with Crippen LogP contribution in [0.5, 0.6) is 0 Å². The van der Waals surface area contributed by atoms with Gasteiger partial charge in [-0.05, 0) is 31.5 Å². The van der Waals surface area contributed by atoms with E-state index >= 15 is 0 Å². The number of hydrogen-bond donors (Lipinski definition) is 0. The van der Waals surface area contributed by atoms with Crippen molar-refractivity contribution in [2.24, 2.45) is 12.0 Å². The van der Waals surface area contributed by atoms with E-state index < -0.39 is 0 Å². The fourth-order valence-corrected chi connectivity index (χ4v) is 2.59. The van der Waals surface area contributed by atoms with E-state index in [4.69, 9.17) is 0 Å². The number of nitrogens with zero attached hydrogens (tertiary/aromatic N) is 3. The lowest BCUT2D eigenvalue weighted by atomic mass is 10.1. The molecule has 4 heteroatoms. The molecule has 2 aromatic carbocycles. The first-order valence-electron chi connectivity index (χ1n) is 7.52. The van der Waals surface area contributed by atoms with Crippen LogP contribution in [-0.4, -0.2) is 15.6 Å². The molecule has 0 aliphatic rings. The zero-order valence-corrected chi connectivity index (χ0v) is 13.5. The van der Waals surface area contributed by atoms with Crippen molar-refractivity contribution in [1.29, 1.82) is 0 Å².